The van der Waals surface area contributed by atoms with E-state index in [-0.39, 0.29) is 19.6 Å². The number of hydrogen-bond donors (Lipinski definition) is 2. The second kappa shape index (κ2) is 8.47. The number of nitrogens with zero attached hydrogens (tertiary/aromatic N) is 1. The van der Waals surface area contributed by atoms with E-state index in [1.165, 1.54) is 0 Å². The molecule has 0 saturated carbocycles. The van der Waals surface area contributed by atoms with Crippen molar-refractivity contribution in [2.24, 2.45) is 5.73 Å². The van der Waals surface area contributed by atoms with Crippen LogP contribution in [-0.4, -0.2) is 48.7 Å². The second-order valence-corrected chi connectivity index (χ2v) is 5.98. The van der Waals surface area contributed by atoms with Gasteiger partial charge >= 0.3 is 6.09 Å². The van der Waals surface area contributed by atoms with Gasteiger partial charge in [-0.1, -0.05) is 30.3 Å². The highest BCUT2D eigenvalue weighted by molar-refractivity contribution is 7.85. The van der Waals surface area contributed by atoms with Gasteiger partial charge in [-0.15, -0.1) is 0 Å². The van der Waals surface area contributed by atoms with Gasteiger partial charge in [-0.2, -0.15) is 8.42 Å². The highest BCUT2D eigenvalue weighted by Crippen LogP contribution is 2.05. The Morgan fingerprint density at radius 2 is 1.86 bits per heavy atom. The Labute approximate surface area is 128 Å². The van der Waals surface area contributed by atoms with Crippen LogP contribution in [0.25, 0.3) is 0 Å². The average molecular weight is 330 g/mol. The largest absolute Gasteiger partial charge is 0.444 e. The van der Waals surface area contributed by atoms with E-state index >= 15 is 0 Å². The third-order valence-electron chi connectivity index (χ3n) is 2.66. The van der Waals surface area contributed by atoms with Crippen molar-refractivity contribution >= 4 is 22.1 Å². The van der Waals surface area contributed by atoms with Gasteiger partial charge in [-0.25, -0.2) is 9.69 Å². The zero-order chi connectivity index (χ0) is 16.6. The molecule has 0 saturated heterocycles. The van der Waals surface area contributed by atoms with Crippen LogP contribution in [0.3, 0.4) is 0 Å². The molecule has 0 aliphatic carbocycles. The molecule has 0 radical (unpaired) electrons. The summed E-state index contributed by atoms with van der Waals surface area (Å²) in [6.07, 6.45) is -1.11. The zero-order valence-electron chi connectivity index (χ0n) is 11.8. The van der Waals surface area contributed by atoms with E-state index in [0.717, 1.165) is 5.56 Å². The van der Waals surface area contributed by atoms with Crippen molar-refractivity contribution in [2.45, 2.75) is 13.0 Å². The molecule has 0 aliphatic heterocycles. The molecule has 0 atom stereocenters. The topological polar surface area (TPSA) is 127 Å². The number of benzene rings is 1. The molecule has 8 nitrogen and oxygen atoms in total. The van der Waals surface area contributed by atoms with Crippen LogP contribution in [0.1, 0.15) is 12.0 Å². The van der Waals surface area contributed by atoms with E-state index in [0.29, 0.717) is 4.90 Å². The summed E-state index contributed by atoms with van der Waals surface area (Å²) >= 11 is 0. The van der Waals surface area contributed by atoms with E-state index in [1.807, 2.05) is 0 Å². The van der Waals surface area contributed by atoms with Crippen molar-refractivity contribution in [3.05, 3.63) is 35.9 Å². The molecule has 0 heterocycles. The fourth-order valence-corrected chi connectivity index (χ4v) is 1.99. The number of ether oxygens (including phenoxy) is 1. The van der Waals surface area contributed by atoms with Crippen molar-refractivity contribution < 1.29 is 27.3 Å². The molecule has 122 valence electrons. The van der Waals surface area contributed by atoms with Gasteiger partial charge in [0.25, 0.3) is 10.1 Å². The van der Waals surface area contributed by atoms with E-state index in [9.17, 15) is 18.0 Å². The van der Waals surface area contributed by atoms with Crippen LogP contribution in [0.5, 0.6) is 0 Å². The second-order valence-electron chi connectivity index (χ2n) is 4.41. The highest BCUT2D eigenvalue weighted by atomic mass is 32.2. The number of carbonyl (C=O) groups is 2. The van der Waals surface area contributed by atoms with E-state index in [2.05, 4.69) is 0 Å². The van der Waals surface area contributed by atoms with E-state index in [4.69, 9.17) is 15.0 Å². The normalized spacial score (nSPS) is 11.0. The Morgan fingerprint density at radius 3 is 2.41 bits per heavy atom. The average Bonchev–Trinajstić information content (AvgIpc) is 2.45. The predicted octanol–water partition coefficient (Wildman–Crippen LogP) is 0.388. The van der Waals surface area contributed by atoms with Gasteiger partial charge in [0.05, 0.1) is 5.75 Å². The summed E-state index contributed by atoms with van der Waals surface area (Å²) in [5, 5.41) is 0. The molecular weight excluding hydrogens is 312 g/mol. The number of imide groups is 1. The molecule has 1 aromatic carbocycles. The molecule has 0 fully saturated rings. The summed E-state index contributed by atoms with van der Waals surface area (Å²) in [5.74, 6) is -1.42. The Morgan fingerprint density at radius 1 is 1.23 bits per heavy atom. The third kappa shape index (κ3) is 6.66. The Kier molecular flexibility index (Phi) is 6.96. The van der Waals surface area contributed by atoms with Crippen molar-refractivity contribution in [3.63, 3.8) is 0 Å². The zero-order valence-corrected chi connectivity index (χ0v) is 12.7. The van der Waals surface area contributed by atoms with Crippen molar-refractivity contribution in [1.29, 1.82) is 0 Å². The molecule has 2 amide bonds. The van der Waals surface area contributed by atoms with Gasteiger partial charge in [0.2, 0.25) is 5.91 Å². The lowest BCUT2D eigenvalue weighted by Crippen LogP contribution is -2.41. The first-order chi connectivity index (χ1) is 10.3. The maximum absolute atomic E-state index is 11.9. The smallest absolute Gasteiger partial charge is 0.416 e. The highest BCUT2D eigenvalue weighted by Gasteiger charge is 2.24. The molecule has 0 unspecified atom stereocenters. The molecule has 22 heavy (non-hydrogen) atoms. The van der Waals surface area contributed by atoms with Gasteiger partial charge in [0, 0.05) is 19.5 Å². The molecule has 0 aromatic heterocycles. The van der Waals surface area contributed by atoms with Crippen molar-refractivity contribution in [3.8, 4) is 0 Å². The molecule has 9 heteroatoms. The molecule has 1 rings (SSSR count). The summed E-state index contributed by atoms with van der Waals surface area (Å²) in [7, 11) is -4.30. The van der Waals surface area contributed by atoms with E-state index in [1.54, 1.807) is 30.3 Å². The lowest BCUT2D eigenvalue weighted by atomic mass is 10.2. The fourth-order valence-electron chi connectivity index (χ4n) is 1.58. The molecule has 0 aliphatic rings. The maximum atomic E-state index is 11.9. The van der Waals surface area contributed by atoms with E-state index < -0.39 is 34.4 Å². The van der Waals surface area contributed by atoms with Crippen LogP contribution in [0.2, 0.25) is 0 Å². The minimum Gasteiger partial charge on any atom is -0.444 e. The SMILES string of the molecule is NCCC(=O)N(CCS(=O)(=O)O)C(=O)OCc1ccccc1. The van der Waals surface area contributed by atoms with Crippen LogP contribution >= 0.6 is 0 Å². The van der Waals surface area contributed by atoms with Crippen LogP contribution in [-0.2, 0) is 26.3 Å². The molecule has 3 N–H and O–H groups in total. The van der Waals surface area contributed by atoms with Crippen LogP contribution < -0.4 is 5.73 Å². The molecular formula is C13H18N2O6S. The number of amides is 2. The molecule has 0 spiro atoms. The van der Waals surface area contributed by atoms with Gasteiger partial charge in [-0.3, -0.25) is 9.35 Å². The lowest BCUT2D eigenvalue weighted by molar-refractivity contribution is -0.129. The fraction of sp³-hybridized carbons (Fsp3) is 0.385. The van der Waals surface area contributed by atoms with Gasteiger partial charge in [0.1, 0.15) is 6.61 Å². The summed E-state index contributed by atoms with van der Waals surface area (Å²) in [5.41, 5.74) is 5.97. The monoisotopic (exact) mass is 330 g/mol. The minimum absolute atomic E-state index is 0.00712. The Hall–Kier alpha value is -1.97. The molecule has 1 aromatic rings. The number of rotatable bonds is 7. The number of carbonyl (C=O) groups excluding carboxylic acids is 2. The minimum atomic E-state index is -4.30. The Balaban J connectivity index is 2.68. The van der Waals surface area contributed by atoms with Crippen LogP contribution in [0.15, 0.2) is 30.3 Å². The lowest BCUT2D eigenvalue weighted by Gasteiger charge is -2.19. The first-order valence-electron chi connectivity index (χ1n) is 6.50. The predicted molar refractivity (Wildman–Crippen MR) is 78.4 cm³/mol. The van der Waals surface area contributed by atoms with Gasteiger partial charge in [-0.05, 0) is 5.56 Å². The standard InChI is InChI=1S/C13H18N2O6S/c14-7-6-12(16)15(8-9-22(18,19)20)13(17)21-10-11-4-2-1-3-5-11/h1-5H,6-10,14H2,(H,18,19,20). The summed E-state index contributed by atoms with van der Waals surface area (Å²) in [6, 6.07) is 8.79. The number of nitrogens with two attached hydrogens (primary N) is 1. The first kappa shape index (κ1) is 18.1. The van der Waals surface area contributed by atoms with Crippen LogP contribution in [0.4, 0.5) is 4.79 Å². The number of hydrogen-bond acceptors (Lipinski definition) is 6. The summed E-state index contributed by atoms with van der Waals surface area (Å²) in [6.45, 7) is -0.545. The van der Waals surface area contributed by atoms with Gasteiger partial charge < -0.3 is 10.5 Å². The first-order valence-corrected chi connectivity index (χ1v) is 8.10. The molecule has 0 bridgehead atoms. The quantitative estimate of drug-likeness (QED) is 0.692. The summed E-state index contributed by atoms with van der Waals surface area (Å²) < 4.78 is 35.2. The van der Waals surface area contributed by atoms with Crippen molar-refractivity contribution in [2.75, 3.05) is 18.8 Å². The van der Waals surface area contributed by atoms with Crippen LogP contribution in [0, 0.1) is 0 Å². The summed E-state index contributed by atoms with van der Waals surface area (Å²) in [4.78, 5) is 24.3. The van der Waals surface area contributed by atoms with Crippen molar-refractivity contribution in [1.82, 2.24) is 4.90 Å². The Bertz CT molecular complexity index is 602. The van der Waals surface area contributed by atoms with Gasteiger partial charge in [0.15, 0.2) is 0 Å². The third-order valence-corrected chi connectivity index (χ3v) is 3.36. The maximum Gasteiger partial charge on any atom is 0.416 e.